The molecular weight excluding hydrogens is 245 g/mol. The van der Waals surface area contributed by atoms with Crippen LogP contribution in [0.25, 0.3) is 0 Å². The molecule has 0 aliphatic carbocycles. The zero-order valence-corrected chi connectivity index (χ0v) is 10.2. The van der Waals surface area contributed by atoms with E-state index >= 15 is 0 Å². The molecule has 0 saturated carbocycles. The van der Waals surface area contributed by atoms with Gasteiger partial charge in [-0.2, -0.15) is 5.48 Å². The Bertz CT molecular complexity index is 293. The molecule has 0 aliphatic heterocycles. The van der Waals surface area contributed by atoms with Crippen LogP contribution in [0.3, 0.4) is 0 Å². The van der Waals surface area contributed by atoms with Gasteiger partial charge in [-0.3, -0.25) is 0 Å². The SMILES string of the molecule is CONCC(OC)c1sc(Cl)cc1Cl. The zero-order valence-electron chi connectivity index (χ0n) is 7.84. The normalized spacial score (nSPS) is 13.1. The first-order chi connectivity index (χ1) is 6.69. The molecular formula is C8H11Cl2NO2S. The third kappa shape index (κ3) is 3.08. The van der Waals surface area contributed by atoms with E-state index in [-0.39, 0.29) is 6.10 Å². The van der Waals surface area contributed by atoms with Gasteiger partial charge in [0.05, 0.1) is 27.9 Å². The second-order valence-electron chi connectivity index (χ2n) is 2.54. The van der Waals surface area contributed by atoms with Gasteiger partial charge in [-0.15, -0.1) is 11.3 Å². The van der Waals surface area contributed by atoms with E-state index in [9.17, 15) is 0 Å². The van der Waals surface area contributed by atoms with Gasteiger partial charge in [-0.1, -0.05) is 23.2 Å². The lowest BCUT2D eigenvalue weighted by Gasteiger charge is -2.13. The third-order valence-electron chi connectivity index (χ3n) is 1.67. The molecule has 0 fully saturated rings. The number of rotatable bonds is 5. The fourth-order valence-corrected chi connectivity index (χ4v) is 2.70. The van der Waals surface area contributed by atoms with Gasteiger partial charge in [0.25, 0.3) is 0 Å². The molecule has 0 radical (unpaired) electrons. The topological polar surface area (TPSA) is 30.5 Å². The monoisotopic (exact) mass is 255 g/mol. The molecule has 0 bridgehead atoms. The second-order valence-corrected chi connectivity index (χ2v) is 4.66. The largest absolute Gasteiger partial charge is 0.374 e. The molecule has 1 aromatic rings. The van der Waals surface area contributed by atoms with E-state index in [2.05, 4.69) is 5.48 Å². The minimum Gasteiger partial charge on any atom is -0.374 e. The number of hydrogen-bond acceptors (Lipinski definition) is 4. The summed E-state index contributed by atoms with van der Waals surface area (Å²) in [6, 6.07) is 1.71. The zero-order chi connectivity index (χ0) is 10.6. The average Bonchev–Trinajstić information content (AvgIpc) is 2.47. The number of nitrogens with one attached hydrogen (secondary N) is 1. The summed E-state index contributed by atoms with van der Waals surface area (Å²) >= 11 is 13.2. The van der Waals surface area contributed by atoms with Gasteiger partial charge < -0.3 is 9.57 Å². The number of ether oxygens (including phenoxy) is 1. The van der Waals surface area contributed by atoms with E-state index in [0.29, 0.717) is 15.9 Å². The number of halogens is 2. The summed E-state index contributed by atoms with van der Waals surface area (Å²) in [7, 11) is 3.17. The first-order valence-electron chi connectivity index (χ1n) is 3.92. The van der Waals surface area contributed by atoms with Gasteiger partial charge in [0, 0.05) is 7.11 Å². The maximum atomic E-state index is 5.97. The first kappa shape index (κ1) is 12.2. The van der Waals surface area contributed by atoms with Crippen LogP contribution in [0.4, 0.5) is 0 Å². The Morgan fingerprint density at radius 2 is 2.21 bits per heavy atom. The van der Waals surface area contributed by atoms with Crippen molar-refractivity contribution in [2.75, 3.05) is 20.8 Å². The fourth-order valence-electron chi connectivity index (χ4n) is 1.02. The van der Waals surface area contributed by atoms with Crippen molar-refractivity contribution in [1.82, 2.24) is 5.48 Å². The number of methoxy groups -OCH3 is 1. The van der Waals surface area contributed by atoms with Crippen LogP contribution >= 0.6 is 34.5 Å². The van der Waals surface area contributed by atoms with Crippen molar-refractivity contribution in [3.05, 3.63) is 20.3 Å². The van der Waals surface area contributed by atoms with Crippen LogP contribution in [0.5, 0.6) is 0 Å². The van der Waals surface area contributed by atoms with Gasteiger partial charge in [0.1, 0.15) is 6.10 Å². The van der Waals surface area contributed by atoms with Crippen LogP contribution in [0.2, 0.25) is 9.36 Å². The number of hydrogen-bond donors (Lipinski definition) is 1. The third-order valence-corrected chi connectivity index (χ3v) is 3.45. The Hall–Kier alpha value is 0.160. The van der Waals surface area contributed by atoms with E-state index < -0.39 is 0 Å². The van der Waals surface area contributed by atoms with Crippen molar-refractivity contribution in [2.24, 2.45) is 0 Å². The Morgan fingerprint density at radius 1 is 1.50 bits per heavy atom. The maximum absolute atomic E-state index is 5.97. The van der Waals surface area contributed by atoms with Crippen LogP contribution in [0.1, 0.15) is 11.0 Å². The summed E-state index contributed by atoms with van der Waals surface area (Å²) in [6.07, 6.45) is -0.139. The van der Waals surface area contributed by atoms with Gasteiger partial charge in [0.15, 0.2) is 0 Å². The van der Waals surface area contributed by atoms with Crippen LogP contribution in [-0.4, -0.2) is 20.8 Å². The van der Waals surface area contributed by atoms with E-state index in [1.807, 2.05) is 0 Å². The average molecular weight is 256 g/mol. The molecule has 1 N–H and O–H groups in total. The maximum Gasteiger partial charge on any atom is 0.108 e. The lowest BCUT2D eigenvalue weighted by atomic mass is 10.3. The Kier molecular flexibility index (Phi) is 5.15. The highest BCUT2D eigenvalue weighted by Gasteiger charge is 2.17. The number of thiophene rings is 1. The molecule has 1 aromatic heterocycles. The predicted octanol–water partition coefficient (Wildman–Crippen LogP) is 2.89. The second kappa shape index (κ2) is 5.90. The fraction of sp³-hybridized carbons (Fsp3) is 0.500. The van der Waals surface area contributed by atoms with Crippen molar-refractivity contribution in [2.45, 2.75) is 6.10 Å². The van der Waals surface area contributed by atoms with Crippen molar-refractivity contribution < 1.29 is 9.57 Å². The standard InChI is InChI=1S/C8H11Cl2NO2S/c1-12-6(4-11-13-2)8-5(9)3-7(10)14-8/h3,6,11H,4H2,1-2H3. The van der Waals surface area contributed by atoms with Crippen LogP contribution in [0, 0.1) is 0 Å². The first-order valence-corrected chi connectivity index (χ1v) is 5.49. The highest BCUT2D eigenvalue weighted by atomic mass is 35.5. The number of hydroxylamine groups is 1. The molecule has 0 aliphatic rings. The van der Waals surface area contributed by atoms with Gasteiger partial charge >= 0.3 is 0 Å². The smallest absolute Gasteiger partial charge is 0.108 e. The molecule has 14 heavy (non-hydrogen) atoms. The van der Waals surface area contributed by atoms with E-state index in [1.165, 1.54) is 11.3 Å². The summed E-state index contributed by atoms with van der Waals surface area (Å²) in [4.78, 5) is 5.65. The van der Waals surface area contributed by atoms with Crippen LogP contribution < -0.4 is 5.48 Å². The molecule has 80 valence electrons. The summed E-state index contributed by atoms with van der Waals surface area (Å²) in [6.45, 7) is 0.531. The van der Waals surface area contributed by atoms with Crippen molar-refractivity contribution >= 4 is 34.5 Å². The predicted molar refractivity (Wildman–Crippen MR) is 59.1 cm³/mol. The Balaban J connectivity index is 2.72. The summed E-state index contributed by atoms with van der Waals surface area (Å²) in [5.74, 6) is 0. The lowest BCUT2D eigenvalue weighted by molar-refractivity contribution is 0.0303. The molecule has 1 rings (SSSR count). The molecule has 0 saturated heterocycles. The highest BCUT2D eigenvalue weighted by Crippen LogP contribution is 2.36. The summed E-state index contributed by atoms with van der Waals surface area (Å²) < 4.78 is 5.91. The minimum absolute atomic E-state index is 0.139. The molecule has 0 amide bonds. The quantitative estimate of drug-likeness (QED) is 0.821. The minimum atomic E-state index is -0.139. The molecule has 1 atom stereocenters. The van der Waals surface area contributed by atoms with Gasteiger partial charge in [-0.05, 0) is 6.07 Å². The van der Waals surface area contributed by atoms with Crippen LogP contribution in [-0.2, 0) is 9.57 Å². The van der Waals surface area contributed by atoms with E-state index in [1.54, 1.807) is 20.3 Å². The lowest BCUT2D eigenvalue weighted by Crippen LogP contribution is -2.21. The van der Waals surface area contributed by atoms with Gasteiger partial charge in [-0.25, -0.2) is 0 Å². The summed E-state index contributed by atoms with van der Waals surface area (Å²) in [5, 5.41) is 0.629. The molecule has 6 heteroatoms. The van der Waals surface area contributed by atoms with Gasteiger partial charge in [0.2, 0.25) is 0 Å². The molecule has 0 aromatic carbocycles. The molecule has 1 heterocycles. The molecule has 0 spiro atoms. The van der Waals surface area contributed by atoms with Crippen molar-refractivity contribution in [3.8, 4) is 0 Å². The van der Waals surface area contributed by atoms with Crippen molar-refractivity contribution in [3.63, 3.8) is 0 Å². The summed E-state index contributed by atoms with van der Waals surface area (Å²) in [5.41, 5.74) is 2.71. The Morgan fingerprint density at radius 3 is 2.64 bits per heavy atom. The Labute approximate surface area is 96.9 Å². The molecule has 1 unspecified atom stereocenters. The van der Waals surface area contributed by atoms with Crippen molar-refractivity contribution in [1.29, 1.82) is 0 Å². The molecule has 3 nitrogen and oxygen atoms in total. The van der Waals surface area contributed by atoms with Crippen LogP contribution in [0.15, 0.2) is 6.07 Å². The highest BCUT2D eigenvalue weighted by molar-refractivity contribution is 7.16. The van der Waals surface area contributed by atoms with E-state index in [0.717, 1.165) is 4.88 Å². The van der Waals surface area contributed by atoms with E-state index in [4.69, 9.17) is 32.8 Å².